The molecule has 0 radical (unpaired) electrons. The Morgan fingerprint density at radius 2 is 1.73 bits per heavy atom. The Morgan fingerprint density at radius 3 is 2.38 bits per heavy atom. The number of methoxy groups -OCH3 is 3. The van der Waals surface area contributed by atoms with E-state index in [9.17, 15) is 0 Å². The van der Waals surface area contributed by atoms with Crippen molar-refractivity contribution in [3.8, 4) is 17.2 Å². The quantitative estimate of drug-likeness (QED) is 0.787. The number of nitrogens with zero attached hydrogens (tertiary/aromatic N) is 4. The second-order valence-electron chi connectivity index (χ2n) is 6.45. The minimum Gasteiger partial charge on any atom is -0.493 e. The summed E-state index contributed by atoms with van der Waals surface area (Å²) >= 11 is 0. The molecule has 140 valence electrons. The lowest BCUT2D eigenvalue weighted by molar-refractivity contribution is 0.0105. The number of ether oxygens (including phenoxy) is 4. The van der Waals surface area contributed by atoms with E-state index in [4.69, 9.17) is 18.9 Å². The molecule has 0 N–H and O–H groups in total. The summed E-state index contributed by atoms with van der Waals surface area (Å²) in [5, 5.41) is 0.905. The van der Waals surface area contributed by atoms with Gasteiger partial charge in [-0.1, -0.05) is 0 Å². The summed E-state index contributed by atoms with van der Waals surface area (Å²) in [4.78, 5) is 13.7. The van der Waals surface area contributed by atoms with E-state index in [2.05, 4.69) is 19.8 Å². The highest BCUT2D eigenvalue weighted by molar-refractivity contribution is 5.97. The molecule has 0 atom stereocenters. The lowest BCUT2D eigenvalue weighted by Gasteiger charge is -2.47. The van der Waals surface area contributed by atoms with Crippen molar-refractivity contribution >= 4 is 16.7 Å². The van der Waals surface area contributed by atoms with Crippen LogP contribution in [0.1, 0.15) is 0 Å². The van der Waals surface area contributed by atoms with Crippen molar-refractivity contribution in [2.45, 2.75) is 6.04 Å². The van der Waals surface area contributed by atoms with Gasteiger partial charge in [0.15, 0.2) is 11.5 Å². The molecular formula is C18H24N4O4. The van der Waals surface area contributed by atoms with Crippen molar-refractivity contribution in [3.63, 3.8) is 0 Å². The van der Waals surface area contributed by atoms with E-state index in [0.29, 0.717) is 23.3 Å². The number of anilines is 1. The lowest BCUT2D eigenvalue weighted by atomic mass is 10.0. The zero-order valence-electron chi connectivity index (χ0n) is 15.4. The highest BCUT2D eigenvalue weighted by Gasteiger charge is 2.34. The molecule has 4 rings (SSSR count). The van der Waals surface area contributed by atoms with Crippen molar-refractivity contribution in [1.82, 2.24) is 14.9 Å². The third kappa shape index (κ3) is 2.79. The first kappa shape index (κ1) is 17.1. The molecule has 0 unspecified atom stereocenters. The van der Waals surface area contributed by atoms with Crippen LogP contribution in [0.3, 0.4) is 0 Å². The average molecular weight is 360 g/mol. The molecule has 26 heavy (non-hydrogen) atoms. The number of benzene rings is 1. The van der Waals surface area contributed by atoms with Crippen LogP contribution in [-0.4, -0.2) is 81.6 Å². The summed E-state index contributed by atoms with van der Waals surface area (Å²) < 4.78 is 22.0. The Balaban J connectivity index is 1.66. The fourth-order valence-corrected chi connectivity index (χ4v) is 3.70. The minimum atomic E-state index is 0.543. The summed E-state index contributed by atoms with van der Waals surface area (Å²) in [5.74, 6) is 2.62. The van der Waals surface area contributed by atoms with Crippen LogP contribution >= 0.6 is 0 Å². The third-order valence-corrected chi connectivity index (χ3v) is 5.14. The number of aromatic nitrogens is 2. The first-order valence-corrected chi connectivity index (χ1v) is 8.77. The SMILES string of the molecule is COc1cc2c(N3CC(N4CCOCC4)C3)ncnc2c(OC)c1OC. The molecule has 2 fully saturated rings. The minimum absolute atomic E-state index is 0.543. The van der Waals surface area contributed by atoms with Crippen molar-refractivity contribution in [3.05, 3.63) is 12.4 Å². The van der Waals surface area contributed by atoms with Crippen LogP contribution in [0, 0.1) is 0 Å². The molecule has 1 aromatic heterocycles. The predicted molar refractivity (Wildman–Crippen MR) is 97.6 cm³/mol. The van der Waals surface area contributed by atoms with Crippen LogP contribution < -0.4 is 19.1 Å². The molecule has 3 heterocycles. The normalized spacial score (nSPS) is 18.7. The van der Waals surface area contributed by atoms with Gasteiger partial charge in [-0.3, -0.25) is 4.90 Å². The first-order valence-electron chi connectivity index (χ1n) is 8.77. The largest absolute Gasteiger partial charge is 0.493 e. The van der Waals surface area contributed by atoms with Gasteiger partial charge in [-0.15, -0.1) is 0 Å². The van der Waals surface area contributed by atoms with E-state index in [1.165, 1.54) is 0 Å². The van der Waals surface area contributed by atoms with Crippen LogP contribution in [0.15, 0.2) is 12.4 Å². The second-order valence-corrected chi connectivity index (χ2v) is 6.45. The van der Waals surface area contributed by atoms with Gasteiger partial charge in [0, 0.05) is 32.2 Å². The Bertz CT molecular complexity index is 788. The molecule has 0 aliphatic carbocycles. The van der Waals surface area contributed by atoms with Crippen LogP contribution in [-0.2, 0) is 4.74 Å². The second kappa shape index (κ2) is 7.13. The fourth-order valence-electron chi connectivity index (χ4n) is 3.70. The van der Waals surface area contributed by atoms with Crippen molar-refractivity contribution in [2.24, 2.45) is 0 Å². The molecule has 8 heteroatoms. The number of morpholine rings is 1. The van der Waals surface area contributed by atoms with Gasteiger partial charge in [0.2, 0.25) is 5.75 Å². The maximum Gasteiger partial charge on any atom is 0.205 e. The number of rotatable bonds is 5. The van der Waals surface area contributed by atoms with Gasteiger partial charge in [0.1, 0.15) is 17.7 Å². The van der Waals surface area contributed by atoms with Gasteiger partial charge in [-0.2, -0.15) is 0 Å². The van der Waals surface area contributed by atoms with Gasteiger partial charge >= 0.3 is 0 Å². The smallest absolute Gasteiger partial charge is 0.205 e. The lowest BCUT2D eigenvalue weighted by Crippen LogP contribution is -2.61. The van der Waals surface area contributed by atoms with Crippen LogP contribution in [0.5, 0.6) is 17.2 Å². The van der Waals surface area contributed by atoms with E-state index in [-0.39, 0.29) is 0 Å². The van der Waals surface area contributed by atoms with Crippen LogP contribution in [0.2, 0.25) is 0 Å². The molecule has 2 saturated heterocycles. The highest BCUT2D eigenvalue weighted by Crippen LogP contribution is 2.44. The van der Waals surface area contributed by atoms with Gasteiger partial charge in [0.25, 0.3) is 0 Å². The number of fused-ring (bicyclic) bond motifs is 1. The Hall–Kier alpha value is -2.32. The Kier molecular flexibility index (Phi) is 4.69. The summed E-state index contributed by atoms with van der Waals surface area (Å²) in [5.41, 5.74) is 0.727. The standard InChI is InChI=1S/C18H24N4O4/c1-23-14-8-13-15(17(25-3)16(14)24-2)19-11-20-18(13)22-9-12(10-22)21-4-6-26-7-5-21/h8,11-12H,4-7,9-10H2,1-3H3. The van der Waals surface area contributed by atoms with Crippen molar-refractivity contribution in [1.29, 1.82) is 0 Å². The molecular weight excluding hydrogens is 336 g/mol. The third-order valence-electron chi connectivity index (χ3n) is 5.14. The van der Waals surface area contributed by atoms with Crippen LogP contribution in [0.25, 0.3) is 10.9 Å². The summed E-state index contributed by atoms with van der Waals surface area (Å²) in [6.07, 6.45) is 1.58. The molecule has 1 aromatic carbocycles. The van der Waals surface area contributed by atoms with Gasteiger partial charge in [-0.05, 0) is 6.07 Å². The maximum absolute atomic E-state index is 5.56. The fraction of sp³-hybridized carbons (Fsp3) is 0.556. The predicted octanol–water partition coefficient (Wildman–Crippen LogP) is 1.18. The molecule has 0 bridgehead atoms. The topological polar surface area (TPSA) is 69.2 Å². The number of hydrogen-bond donors (Lipinski definition) is 0. The Labute approximate surface area is 152 Å². The van der Waals surface area contributed by atoms with Gasteiger partial charge in [-0.25, -0.2) is 9.97 Å². The molecule has 0 saturated carbocycles. The van der Waals surface area contributed by atoms with E-state index in [1.807, 2.05) is 6.07 Å². The molecule has 8 nitrogen and oxygen atoms in total. The summed E-state index contributed by atoms with van der Waals surface area (Å²) in [6, 6.07) is 2.47. The molecule has 2 aliphatic rings. The summed E-state index contributed by atoms with van der Waals surface area (Å²) in [7, 11) is 4.82. The summed E-state index contributed by atoms with van der Waals surface area (Å²) in [6.45, 7) is 5.54. The molecule has 2 aliphatic heterocycles. The molecule has 0 amide bonds. The average Bonchev–Trinajstić information content (AvgIpc) is 2.66. The zero-order chi connectivity index (χ0) is 18.1. The van der Waals surface area contributed by atoms with E-state index in [0.717, 1.165) is 56.1 Å². The maximum atomic E-state index is 5.56. The first-order chi connectivity index (χ1) is 12.8. The van der Waals surface area contributed by atoms with Crippen molar-refractivity contribution in [2.75, 3.05) is 65.6 Å². The van der Waals surface area contributed by atoms with E-state index >= 15 is 0 Å². The Morgan fingerprint density at radius 1 is 1.00 bits per heavy atom. The monoisotopic (exact) mass is 360 g/mol. The highest BCUT2D eigenvalue weighted by atomic mass is 16.5. The molecule has 2 aromatic rings. The van der Waals surface area contributed by atoms with Crippen LogP contribution in [0.4, 0.5) is 5.82 Å². The van der Waals surface area contributed by atoms with E-state index in [1.54, 1.807) is 27.7 Å². The zero-order valence-corrected chi connectivity index (χ0v) is 15.4. The van der Waals surface area contributed by atoms with Gasteiger partial charge in [0.05, 0.1) is 39.9 Å². The molecule has 0 spiro atoms. The number of hydrogen-bond acceptors (Lipinski definition) is 8. The van der Waals surface area contributed by atoms with Gasteiger partial charge < -0.3 is 23.8 Å². The van der Waals surface area contributed by atoms with E-state index < -0.39 is 0 Å². The van der Waals surface area contributed by atoms with Crippen molar-refractivity contribution < 1.29 is 18.9 Å².